The fourth-order valence-electron chi connectivity index (χ4n) is 1.27. The molecular weight excluding hydrogens is 227 g/mol. The summed E-state index contributed by atoms with van der Waals surface area (Å²) in [7, 11) is -3.66. The monoisotopic (exact) mass is 235 g/mol. The van der Waals surface area contributed by atoms with E-state index in [0.717, 1.165) is 4.31 Å². The molecule has 0 spiro atoms. The average molecular weight is 235 g/mol. The number of amides is 1. The number of hydrogen-bond acceptors (Lipinski definition) is 3. The minimum absolute atomic E-state index is 0. The van der Waals surface area contributed by atoms with Crippen molar-refractivity contribution in [2.45, 2.75) is 0 Å². The second-order valence-corrected chi connectivity index (χ2v) is 4.47. The molecular formula is C8H8N2NaO3S. The Hall–Kier alpha value is -0.560. The number of anilines is 1. The van der Waals surface area contributed by atoms with Gasteiger partial charge in [-0.25, -0.2) is 9.03 Å². The van der Waals surface area contributed by atoms with Crippen molar-refractivity contribution in [3.8, 4) is 0 Å². The van der Waals surface area contributed by atoms with E-state index >= 15 is 0 Å². The third kappa shape index (κ3) is 2.52. The maximum atomic E-state index is 11.4. The second-order valence-electron chi connectivity index (χ2n) is 2.87. The molecule has 1 radical (unpaired) electrons. The largest absolute Gasteiger partial charge is 0.326 e. The van der Waals surface area contributed by atoms with E-state index in [9.17, 15) is 13.2 Å². The van der Waals surface area contributed by atoms with Crippen molar-refractivity contribution in [1.29, 1.82) is 0 Å². The molecule has 0 atom stereocenters. The van der Waals surface area contributed by atoms with Crippen LogP contribution in [0.15, 0.2) is 30.3 Å². The Bertz CT molecular complexity index is 460. The van der Waals surface area contributed by atoms with Gasteiger partial charge in [-0.2, -0.15) is 8.42 Å². The molecule has 75 valence electrons. The van der Waals surface area contributed by atoms with Gasteiger partial charge in [0.25, 0.3) is 5.91 Å². The fourth-order valence-corrected chi connectivity index (χ4v) is 2.42. The van der Waals surface area contributed by atoms with Crippen LogP contribution in [0.3, 0.4) is 0 Å². The first kappa shape index (κ1) is 12.5. The van der Waals surface area contributed by atoms with Crippen LogP contribution in [-0.2, 0) is 15.0 Å². The van der Waals surface area contributed by atoms with Gasteiger partial charge < -0.3 is 0 Å². The number of para-hydroxylation sites is 1. The number of rotatable bonds is 1. The zero-order valence-electron chi connectivity index (χ0n) is 8.17. The molecule has 1 N–H and O–H groups in total. The molecule has 5 nitrogen and oxygen atoms in total. The zero-order chi connectivity index (χ0) is 10.2. The summed E-state index contributed by atoms with van der Waals surface area (Å²) in [5.74, 6) is -0.506. The predicted octanol–water partition coefficient (Wildman–Crippen LogP) is -0.513. The summed E-state index contributed by atoms with van der Waals surface area (Å²) in [6, 6.07) is 8.48. The molecule has 1 heterocycles. The molecule has 1 aliphatic rings. The van der Waals surface area contributed by atoms with Gasteiger partial charge in [-0.1, -0.05) is 18.2 Å². The molecule has 0 saturated carbocycles. The van der Waals surface area contributed by atoms with Crippen molar-refractivity contribution in [3.05, 3.63) is 30.3 Å². The van der Waals surface area contributed by atoms with Gasteiger partial charge in [0.15, 0.2) is 0 Å². The van der Waals surface area contributed by atoms with Crippen LogP contribution in [0.1, 0.15) is 0 Å². The first-order valence-corrected chi connectivity index (χ1v) is 5.42. The van der Waals surface area contributed by atoms with E-state index in [0.29, 0.717) is 5.69 Å². The molecule has 1 saturated heterocycles. The smallest absolute Gasteiger partial charge is 0.272 e. The summed E-state index contributed by atoms with van der Waals surface area (Å²) in [4.78, 5) is 10.9. The molecule has 15 heavy (non-hydrogen) atoms. The number of nitrogens with one attached hydrogen (secondary N) is 1. The summed E-state index contributed by atoms with van der Waals surface area (Å²) in [6.07, 6.45) is 0. The minimum Gasteiger partial charge on any atom is -0.272 e. The third-order valence-corrected chi connectivity index (χ3v) is 3.27. The van der Waals surface area contributed by atoms with Crippen LogP contribution in [-0.4, -0.2) is 50.4 Å². The van der Waals surface area contributed by atoms with Crippen molar-refractivity contribution in [1.82, 2.24) is 4.72 Å². The molecule has 1 amide bonds. The van der Waals surface area contributed by atoms with E-state index in [2.05, 4.69) is 0 Å². The Kier molecular flexibility index (Phi) is 3.77. The SMILES string of the molecule is O=C1CN(c2ccccc2)S(=O)(=O)N1.[Na]. The summed E-state index contributed by atoms with van der Waals surface area (Å²) in [6.45, 7) is -0.146. The van der Waals surface area contributed by atoms with Gasteiger partial charge in [0.1, 0.15) is 6.54 Å². The molecule has 0 unspecified atom stereocenters. The number of carbonyl (C=O) groups excluding carboxylic acids is 1. The van der Waals surface area contributed by atoms with Crippen molar-refractivity contribution < 1.29 is 13.2 Å². The van der Waals surface area contributed by atoms with E-state index in [-0.39, 0.29) is 36.1 Å². The molecule has 1 aromatic carbocycles. The molecule has 1 aliphatic heterocycles. The fraction of sp³-hybridized carbons (Fsp3) is 0.125. The standard InChI is InChI=1S/C8H8N2O3S.Na/c11-8-6-10(14(12,13)9-8)7-4-2-1-3-5-7;/h1-5H,6H2,(H,9,11);. The molecule has 2 rings (SSSR count). The van der Waals surface area contributed by atoms with Crippen LogP contribution in [0.2, 0.25) is 0 Å². The van der Waals surface area contributed by atoms with Crippen LogP contribution in [0, 0.1) is 0 Å². The van der Waals surface area contributed by atoms with Crippen LogP contribution < -0.4 is 9.03 Å². The maximum Gasteiger partial charge on any atom is 0.326 e. The van der Waals surface area contributed by atoms with Crippen LogP contribution in [0.5, 0.6) is 0 Å². The predicted molar refractivity (Wildman–Crippen MR) is 56.6 cm³/mol. The first-order chi connectivity index (χ1) is 6.59. The summed E-state index contributed by atoms with van der Waals surface area (Å²) in [5, 5.41) is 0. The normalized spacial score (nSPS) is 18.1. The number of hydrogen-bond donors (Lipinski definition) is 1. The summed E-state index contributed by atoms with van der Waals surface area (Å²) >= 11 is 0. The third-order valence-electron chi connectivity index (χ3n) is 1.86. The Labute approximate surface area is 110 Å². The van der Waals surface area contributed by atoms with E-state index < -0.39 is 16.1 Å². The van der Waals surface area contributed by atoms with E-state index in [1.807, 2.05) is 4.72 Å². The van der Waals surface area contributed by atoms with Gasteiger partial charge in [0.2, 0.25) is 0 Å². The topological polar surface area (TPSA) is 66.5 Å². The van der Waals surface area contributed by atoms with Crippen molar-refractivity contribution in [2.75, 3.05) is 10.8 Å². The number of nitrogens with zero attached hydrogens (tertiary/aromatic N) is 1. The quantitative estimate of drug-likeness (QED) is 0.666. The molecule has 0 aromatic heterocycles. The molecule has 1 aromatic rings. The van der Waals surface area contributed by atoms with Crippen molar-refractivity contribution in [3.63, 3.8) is 0 Å². The van der Waals surface area contributed by atoms with Gasteiger partial charge >= 0.3 is 10.2 Å². The average Bonchev–Trinajstić information content (AvgIpc) is 2.41. The number of benzene rings is 1. The minimum atomic E-state index is -3.66. The Balaban J connectivity index is 0.00000112. The van der Waals surface area contributed by atoms with Crippen molar-refractivity contribution in [2.24, 2.45) is 0 Å². The van der Waals surface area contributed by atoms with Gasteiger partial charge in [0, 0.05) is 29.6 Å². The zero-order valence-corrected chi connectivity index (χ0v) is 11.0. The summed E-state index contributed by atoms with van der Waals surface area (Å²) in [5.41, 5.74) is 0.492. The maximum absolute atomic E-state index is 11.4. The van der Waals surface area contributed by atoms with E-state index in [4.69, 9.17) is 0 Å². The Morgan fingerprint density at radius 1 is 1.20 bits per heavy atom. The van der Waals surface area contributed by atoms with Gasteiger partial charge in [0.05, 0.1) is 5.69 Å². The molecule has 0 bridgehead atoms. The number of carbonyl (C=O) groups is 1. The van der Waals surface area contributed by atoms with Gasteiger partial charge in [-0.3, -0.25) is 4.79 Å². The van der Waals surface area contributed by atoms with Crippen LogP contribution in [0.4, 0.5) is 5.69 Å². The Morgan fingerprint density at radius 3 is 2.27 bits per heavy atom. The van der Waals surface area contributed by atoms with Crippen LogP contribution >= 0.6 is 0 Å². The second kappa shape index (κ2) is 4.52. The molecule has 0 aliphatic carbocycles. The molecule has 7 heteroatoms. The van der Waals surface area contributed by atoms with Crippen LogP contribution in [0.25, 0.3) is 0 Å². The first-order valence-electron chi connectivity index (χ1n) is 3.98. The van der Waals surface area contributed by atoms with E-state index in [1.165, 1.54) is 0 Å². The van der Waals surface area contributed by atoms with Gasteiger partial charge in [-0.15, -0.1) is 0 Å². The van der Waals surface area contributed by atoms with Crippen molar-refractivity contribution >= 4 is 51.4 Å². The summed E-state index contributed by atoms with van der Waals surface area (Å²) < 4.78 is 25.7. The van der Waals surface area contributed by atoms with E-state index in [1.54, 1.807) is 30.3 Å². The Morgan fingerprint density at radius 2 is 1.80 bits per heavy atom. The molecule has 1 fully saturated rings. The van der Waals surface area contributed by atoms with Gasteiger partial charge in [-0.05, 0) is 12.1 Å².